The van der Waals surface area contributed by atoms with Crippen LogP contribution in [0.15, 0.2) is 22.5 Å². The number of hydrogen-bond acceptors (Lipinski definition) is 11. The number of piperazine rings is 1. The summed E-state index contributed by atoms with van der Waals surface area (Å²) in [6.07, 6.45) is -1.92. The molecule has 12 heteroatoms. The number of ether oxygens (including phenoxy) is 2. The molecule has 0 aromatic carbocycles. The third kappa shape index (κ3) is 2.94. The first kappa shape index (κ1) is 21.1. The maximum absolute atomic E-state index is 13.4. The first-order chi connectivity index (χ1) is 14.3. The topological polar surface area (TPSA) is 187 Å². The highest BCUT2D eigenvalue weighted by molar-refractivity contribution is 7.99. The lowest BCUT2D eigenvalue weighted by atomic mass is 9.82. The van der Waals surface area contributed by atoms with Crippen LogP contribution in [0.25, 0.3) is 0 Å². The van der Waals surface area contributed by atoms with E-state index in [-0.39, 0.29) is 58.5 Å². The van der Waals surface area contributed by atoms with E-state index in [2.05, 4.69) is 5.32 Å². The Balaban J connectivity index is 1.67. The van der Waals surface area contributed by atoms with Gasteiger partial charge in [0.1, 0.15) is 6.61 Å². The number of carbonyl (C=O) groups excluding carboxylic acids is 3. The number of amides is 1. The van der Waals surface area contributed by atoms with Gasteiger partial charge < -0.3 is 41.4 Å². The summed E-state index contributed by atoms with van der Waals surface area (Å²) >= 11 is 1.20. The van der Waals surface area contributed by atoms with Gasteiger partial charge in [-0.1, -0.05) is 0 Å². The monoisotopic (exact) mass is 440 g/mol. The molecule has 4 rings (SSSR count). The van der Waals surface area contributed by atoms with Gasteiger partial charge in [0, 0.05) is 42.3 Å². The molecule has 7 N–H and O–H groups in total. The molecular formula is C18H24N4O7S. The molecule has 2 saturated heterocycles. The molecular weight excluding hydrogens is 416 g/mol. The molecule has 0 radical (unpaired) electrons. The van der Waals surface area contributed by atoms with Crippen molar-refractivity contribution >= 4 is 29.4 Å². The number of carbonyl (C=O) groups is 3. The first-order valence-corrected chi connectivity index (χ1v) is 10.6. The average molecular weight is 440 g/mol. The number of nitrogens with one attached hydrogen (secondary N) is 1. The number of allylic oxidation sites excluding steroid dienone is 2. The number of methoxy groups -OCH3 is 1. The SMILES string of the molecule is CO[C@@]12[C@H](COC(N)=O)C3=C(C(=O)C(CSCC(O)CO)=C(N)C3=O)N1C[C@@H]1N[C@@H]12. The number of fused-ring (bicyclic) bond motifs is 4. The van der Waals surface area contributed by atoms with E-state index in [1.807, 2.05) is 0 Å². The molecule has 0 spiro atoms. The fraction of sp³-hybridized carbons (Fsp3) is 0.611. The van der Waals surface area contributed by atoms with Crippen LogP contribution in [0, 0.1) is 5.92 Å². The summed E-state index contributed by atoms with van der Waals surface area (Å²) in [6, 6.07) is -0.0345. The Bertz CT molecular complexity index is 875. The molecule has 4 aliphatic rings. The summed E-state index contributed by atoms with van der Waals surface area (Å²) in [5, 5.41) is 21.7. The Morgan fingerprint density at radius 2 is 2.17 bits per heavy atom. The molecule has 164 valence electrons. The maximum Gasteiger partial charge on any atom is 0.404 e. The number of nitrogens with zero attached hydrogens (tertiary/aromatic N) is 1. The van der Waals surface area contributed by atoms with Gasteiger partial charge in [-0.15, -0.1) is 0 Å². The number of Topliss-reactive ketones (excluding diaryl/α,β-unsaturated/α-hetero) is 2. The van der Waals surface area contributed by atoms with Crippen molar-refractivity contribution in [3.63, 3.8) is 0 Å². The fourth-order valence-corrected chi connectivity index (χ4v) is 5.72. The van der Waals surface area contributed by atoms with Crippen molar-refractivity contribution in [3.8, 4) is 0 Å². The molecule has 1 amide bonds. The Morgan fingerprint density at radius 1 is 1.43 bits per heavy atom. The van der Waals surface area contributed by atoms with Crippen LogP contribution in [0.4, 0.5) is 4.79 Å². The number of rotatable bonds is 8. The second kappa shape index (κ2) is 7.54. The predicted molar refractivity (Wildman–Crippen MR) is 105 cm³/mol. The molecule has 11 nitrogen and oxygen atoms in total. The highest BCUT2D eigenvalue weighted by atomic mass is 32.2. The van der Waals surface area contributed by atoms with Crippen molar-refractivity contribution in [2.75, 3.05) is 38.4 Å². The van der Waals surface area contributed by atoms with Crippen molar-refractivity contribution in [3.05, 3.63) is 22.5 Å². The van der Waals surface area contributed by atoms with E-state index in [0.717, 1.165) is 0 Å². The Hall–Kier alpha value is -2.12. The van der Waals surface area contributed by atoms with Gasteiger partial charge in [0.25, 0.3) is 0 Å². The number of aliphatic hydroxyl groups is 2. The minimum absolute atomic E-state index is 0.0961. The van der Waals surface area contributed by atoms with Crippen LogP contribution in [0.2, 0.25) is 0 Å². The highest BCUT2D eigenvalue weighted by Gasteiger charge is 2.72. The molecule has 3 aliphatic heterocycles. The summed E-state index contributed by atoms with van der Waals surface area (Å²) in [7, 11) is 1.49. The zero-order chi connectivity index (χ0) is 21.8. The summed E-state index contributed by atoms with van der Waals surface area (Å²) in [5.74, 6) is -1.29. The normalized spacial score (nSPS) is 32.9. The van der Waals surface area contributed by atoms with Crippen LogP contribution in [0.3, 0.4) is 0 Å². The molecule has 3 heterocycles. The van der Waals surface area contributed by atoms with E-state index in [0.29, 0.717) is 6.54 Å². The van der Waals surface area contributed by atoms with Crippen molar-refractivity contribution in [2.24, 2.45) is 17.4 Å². The molecule has 30 heavy (non-hydrogen) atoms. The average Bonchev–Trinajstić information content (AvgIpc) is 3.33. The van der Waals surface area contributed by atoms with Gasteiger partial charge in [0.2, 0.25) is 11.6 Å². The number of primary amides is 1. The summed E-state index contributed by atoms with van der Waals surface area (Å²) in [6.45, 7) is -0.152. The standard InChI is InChI=1S/C18H24N4O7S/c1-28-18-9(4-29-17(20)27)11-13(22(18)2-10-16(18)21-10)14(25)8(12(19)15(11)26)6-30-5-7(24)3-23/h7,9-10,16,21,23-24H,2-6,19H2,1H3,(H2,20,27)/t7?,9-,10+,16+,18-/m1/s1. The van der Waals surface area contributed by atoms with Crippen LogP contribution in [-0.4, -0.2) is 95.1 Å². The molecule has 2 fully saturated rings. The van der Waals surface area contributed by atoms with E-state index in [1.54, 1.807) is 4.90 Å². The van der Waals surface area contributed by atoms with E-state index < -0.39 is 36.2 Å². The van der Waals surface area contributed by atoms with E-state index in [9.17, 15) is 19.5 Å². The molecule has 0 saturated carbocycles. The number of thioether (sulfide) groups is 1. The molecule has 1 unspecified atom stereocenters. The van der Waals surface area contributed by atoms with Crippen LogP contribution < -0.4 is 16.8 Å². The van der Waals surface area contributed by atoms with Gasteiger partial charge in [-0.3, -0.25) is 9.59 Å². The molecule has 0 aromatic rings. The van der Waals surface area contributed by atoms with Gasteiger partial charge >= 0.3 is 6.09 Å². The van der Waals surface area contributed by atoms with E-state index in [4.69, 9.17) is 26.0 Å². The van der Waals surface area contributed by atoms with E-state index >= 15 is 0 Å². The van der Waals surface area contributed by atoms with Gasteiger partial charge in [-0.2, -0.15) is 11.8 Å². The first-order valence-electron chi connectivity index (χ1n) is 9.47. The van der Waals surface area contributed by atoms with Crippen molar-refractivity contribution in [2.45, 2.75) is 23.9 Å². The lowest BCUT2D eigenvalue weighted by Gasteiger charge is -2.39. The Morgan fingerprint density at radius 3 is 2.80 bits per heavy atom. The molecule has 0 bridgehead atoms. The van der Waals surface area contributed by atoms with Crippen molar-refractivity contribution in [1.82, 2.24) is 10.2 Å². The lowest BCUT2D eigenvalue weighted by molar-refractivity contribution is -0.137. The van der Waals surface area contributed by atoms with Crippen LogP contribution in [0.1, 0.15) is 0 Å². The van der Waals surface area contributed by atoms with Gasteiger partial charge in [-0.25, -0.2) is 4.79 Å². The smallest absolute Gasteiger partial charge is 0.404 e. The third-order valence-electron chi connectivity index (χ3n) is 6.10. The Labute approximate surface area is 176 Å². The third-order valence-corrected chi connectivity index (χ3v) is 7.21. The number of aliphatic hydroxyl groups excluding tert-OH is 2. The second-order valence-electron chi connectivity index (χ2n) is 7.66. The molecule has 0 aromatic heterocycles. The highest BCUT2D eigenvalue weighted by Crippen LogP contribution is 2.55. The summed E-state index contributed by atoms with van der Waals surface area (Å²) < 4.78 is 10.9. The van der Waals surface area contributed by atoms with Crippen molar-refractivity contribution in [1.29, 1.82) is 0 Å². The number of hydrogen-bond donors (Lipinski definition) is 5. The predicted octanol–water partition coefficient (Wildman–Crippen LogP) is -2.58. The maximum atomic E-state index is 13.4. The number of nitrogens with two attached hydrogens (primary N) is 2. The van der Waals surface area contributed by atoms with Crippen LogP contribution in [0.5, 0.6) is 0 Å². The zero-order valence-corrected chi connectivity index (χ0v) is 17.1. The quantitative estimate of drug-likeness (QED) is 0.197. The fourth-order valence-electron chi connectivity index (χ4n) is 4.73. The summed E-state index contributed by atoms with van der Waals surface area (Å²) in [4.78, 5) is 39.6. The zero-order valence-electron chi connectivity index (χ0n) is 16.3. The van der Waals surface area contributed by atoms with Gasteiger partial charge in [-0.05, 0) is 0 Å². The van der Waals surface area contributed by atoms with Gasteiger partial charge in [0.15, 0.2) is 5.72 Å². The molecule has 5 atom stereocenters. The number of ketones is 2. The Kier molecular flexibility index (Phi) is 5.31. The minimum Gasteiger partial charge on any atom is -0.449 e. The lowest BCUT2D eigenvalue weighted by Crippen LogP contribution is -2.55. The van der Waals surface area contributed by atoms with Crippen molar-refractivity contribution < 1.29 is 34.1 Å². The summed E-state index contributed by atoms with van der Waals surface area (Å²) in [5.41, 5.74) is 10.5. The minimum atomic E-state index is -1.05. The van der Waals surface area contributed by atoms with Gasteiger partial charge in [0.05, 0.1) is 36.1 Å². The largest absolute Gasteiger partial charge is 0.449 e. The van der Waals surface area contributed by atoms with E-state index in [1.165, 1.54) is 18.9 Å². The second-order valence-corrected chi connectivity index (χ2v) is 8.69. The van der Waals surface area contributed by atoms with Crippen LogP contribution >= 0.6 is 11.8 Å². The van der Waals surface area contributed by atoms with Crippen LogP contribution in [-0.2, 0) is 19.1 Å². The molecule has 1 aliphatic carbocycles.